The van der Waals surface area contributed by atoms with Crippen molar-refractivity contribution in [3.63, 3.8) is 0 Å². The molecule has 1 atom stereocenters. The fourth-order valence-corrected chi connectivity index (χ4v) is 1.91. The summed E-state index contributed by atoms with van der Waals surface area (Å²) in [7, 11) is 0. The standard InChI is InChI=1S/C10H11BrClN5/c1-6(10-14-16-17-15-10)13-5-7-2-3-9(12)8(11)4-7/h2-4,6,13H,5H2,1H3,(H,14,15,16,17). The van der Waals surface area contributed by atoms with E-state index in [-0.39, 0.29) is 6.04 Å². The molecule has 5 nitrogen and oxygen atoms in total. The van der Waals surface area contributed by atoms with Crippen LogP contribution in [-0.4, -0.2) is 20.6 Å². The molecule has 2 aromatic rings. The Morgan fingerprint density at radius 3 is 3.00 bits per heavy atom. The van der Waals surface area contributed by atoms with Gasteiger partial charge in [0.1, 0.15) is 0 Å². The van der Waals surface area contributed by atoms with Crippen molar-refractivity contribution in [1.82, 2.24) is 25.9 Å². The van der Waals surface area contributed by atoms with Crippen molar-refractivity contribution in [2.75, 3.05) is 0 Å². The number of tetrazole rings is 1. The van der Waals surface area contributed by atoms with Crippen LogP contribution in [0, 0.1) is 0 Å². The number of benzene rings is 1. The molecule has 1 unspecified atom stereocenters. The Labute approximate surface area is 112 Å². The zero-order chi connectivity index (χ0) is 12.3. The van der Waals surface area contributed by atoms with E-state index in [0.29, 0.717) is 17.4 Å². The molecule has 90 valence electrons. The second kappa shape index (κ2) is 5.57. The molecule has 1 aromatic heterocycles. The SMILES string of the molecule is CC(NCc1ccc(Cl)c(Br)c1)c1nn[nH]n1. The van der Waals surface area contributed by atoms with Crippen molar-refractivity contribution in [2.24, 2.45) is 0 Å². The topological polar surface area (TPSA) is 66.5 Å². The van der Waals surface area contributed by atoms with E-state index in [1.165, 1.54) is 0 Å². The third-order valence-corrected chi connectivity index (χ3v) is 3.56. The summed E-state index contributed by atoms with van der Waals surface area (Å²) in [5.74, 6) is 0.651. The number of aromatic nitrogens is 4. The molecule has 17 heavy (non-hydrogen) atoms. The summed E-state index contributed by atoms with van der Waals surface area (Å²) < 4.78 is 0.894. The van der Waals surface area contributed by atoms with Gasteiger partial charge in [-0.15, -0.1) is 10.2 Å². The van der Waals surface area contributed by atoms with Crippen LogP contribution in [0.5, 0.6) is 0 Å². The van der Waals surface area contributed by atoms with Crippen LogP contribution in [0.3, 0.4) is 0 Å². The number of nitrogens with zero attached hydrogens (tertiary/aromatic N) is 3. The van der Waals surface area contributed by atoms with E-state index in [2.05, 4.69) is 41.9 Å². The highest BCUT2D eigenvalue weighted by atomic mass is 79.9. The minimum atomic E-state index is 0.0446. The van der Waals surface area contributed by atoms with Crippen LogP contribution in [0.1, 0.15) is 24.4 Å². The second-order valence-corrected chi connectivity index (χ2v) is 4.88. The van der Waals surface area contributed by atoms with Crippen LogP contribution in [0.2, 0.25) is 5.02 Å². The van der Waals surface area contributed by atoms with E-state index >= 15 is 0 Å². The number of rotatable bonds is 4. The van der Waals surface area contributed by atoms with Gasteiger partial charge in [-0.1, -0.05) is 22.9 Å². The summed E-state index contributed by atoms with van der Waals surface area (Å²) in [6, 6.07) is 5.87. The van der Waals surface area contributed by atoms with Gasteiger partial charge < -0.3 is 5.32 Å². The molecule has 0 bridgehead atoms. The molecule has 1 heterocycles. The Kier molecular flexibility index (Phi) is 4.09. The molecule has 1 aromatic carbocycles. The Morgan fingerprint density at radius 1 is 1.53 bits per heavy atom. The van der Waals surface area contributed by atoms with Crippen molar-refractivity contribution in [1.29, 1.82) is 0 Å². The van der Waals surface area contributed by atoms with E-state index in [4.69, 9.17) is 11.6 Å². The predicted octanol–water partition coefficient (Wildman–Crippen LogP) is 2.47. The number of hydrogen-bond donors (Lipinski definition) is 2. The van der Waals surface area contributed by atoms with Gasteiger partial charge in [0.15, 0.2) is 5.82 Å². The molecular formula is C10H11BrClN5. The van der Waals surface area contributed by atoms with Crippen molar-refractivity contribution < 1.29 is 0 Å². The third-order valence-electron chi connectivity index (χ3n) is 2.35. The predicted molar refractivity (Wildman–Crippen MR) is 68.6 cm³/mol. The second-order valence-electron chi connectivity index (χ2n) is 3.62. The average molecular weight is 317 g/mol. The van der Waals surface area contributed by atoms with Gasteiger partial charge in [0.25, 0.3) is 0 Å². The largest absolute Gasteiger partial charge is 0.303 e. The average Bonchev–Trinajstić information content (AvgIpc) is 2.84. The monoisotopic (exact) mass is 315 g/mol. The Bertz CT molecular complexity index is 487. The van der Waals surface area contributed by atoms with Crippen molar-refractivity contribution in [3.8, 4) is 0 Å². The Morgan fingerprint density at radius 2 is 2.35 bits per heavy atom. The molecule has 2 N–H and O–H groups in total. The van der Waals surface area contributed by atoms with E-state index in [1.807, 2.05) is 25.1 Å². The maximum atomic E-state index is 5.92. The minimum Gasteiger partial charge on any atom is -0.303 e. The fourth-order valence-electron chi connectivity index (χ4n) is 1.36. The van der Waals surface area contributed by atoms with E-state index in [9.17, 15) is 0 Å². The van der Waals surface area contributed by atoms with Crippen LogP contribution in [0.15, 0.2) is 22.7 Å². The van der Waals surface area contributed by atoms with Crippen LogP contribution in [0.4, 0.5) is 0 Å². The first-order valence-corrected chi connectivity index (χ1v) is 6.24. The molecule has 2 rings (SSSR count). The van der Waals surface area contributed by atoms with Crippen molar-refractivity contribution in [3.05, 3.63) is 39.1 Å². The first kappa shape index (κ1) is 12.5. The Balaban J connectivity index is 1.96. The van der Waals surface area contributed by atoms with Gasteiger partial charge in [-0.25, -0.2) is 0 Å². The van der Waals surface area contributed by atoms with E-state index < -0.39 is 0 Å². The van der Waals surface area contributed by atoms with Gasteiger partial charge in [0.05, 0.1) is 11.1 Å². The summed E-state index contributed by atoms with van der Waals surface area (Å²) >= 11 is 9.32. The highest BCUT2D eigenvalue weighted by Crippen LogP contribution is 2.23. The highest BCUT2D eigenvalue weighted by molar-refractivity contribution is 9.10. The lowest BCUT2D eigenvalue weighted by Crippen LogP contribution is -2.19. The summed E-state index contributed by atoms with van der Waals surface area (Å²) in [4.78, 5) is 0. The maximum Gasteiger partial charge on any atom is 0.191 e. The zero-order valence-electron chi connectivity index (χ0n) is 9.11. The third kappa shape index (κ3) is 3.24. The van der Waals surface area contributed by atoms with E-state index in [0.717, 1.165) is 10.0 Å². The molecule has 0 aliphatic rings. The molecule has 0 radical (unpaired) electrons. The van der Waals surface area contributed by atoms with Crippen molar-refractivity contribution in [2.45, 2.75) is 19.5 Å². The molecular weight excluding hydrogens is 306 g/mol. The highest BCUT2D eigenvalue weighted by Gasteiger charge is 2.09. The fraction of sp³-hybridized carbons (Fsp3) is 0.300. The molecule has 0 saturated heterocycles. The van der Waals surface area contributed by atoms with E-state index in [1.54, 1.807) is 0 Å². The molecule has 0 aliphatic heterocycles. The first-order valence-electron chi connectivity index (χ1n) is 5.07. The van der Waals surface area contributed by atoms with Gasteiger partial charge in [-0.05, 0) is 40.5 Å². The quantitative estimate of drug-likeness (QED) is 0.909. The van der Waals surface area contributed by atoms with Crippen LogP contribution in [-0.2, 0) is 6.54 Å². The van der Waals surface area contributed by atoms with Crippen LogP contribution in [0.25, 0.3) is 0 Å². The summed E-state index contributed by atoms with van der Waals surface area (Å²) in [5.41, 5.74) is 1.14. The van der Waals surface area contributed by atoms with Gasteiger partial charge in [0.2, 0.25) is 0 Å². The maximum absolute atomic E-state index is 5.92. The number of halogens is 2. The lowest BCUT2D eigenvalue weighted by molar-refractivity contribution is 0.546. The van der Waals surface area contributed by atoms with Crippen LogP contribution >= 0.6 is 27.5 Å². The molecule has 0 aliphatic carbocycles. The Hall–Kier alpha value is -0.980. The van der Waals surface area contributed by atoms with Gasteiger partial charge in [0, 0.05) is 11.0 Å². The molecule has 0 saturated carbocycles. The minimum absolute atomic E-state index is 0.0446. The van der Waals surface area contributed by atoms with Crippen LogP contribution < -0.4 is 5.32 Å². The molecule has 7 heteroatoms. The first-order chi connectivity index (χ1) is 8.16. The van der Waals surface area contributed by atoms with Crippen molar-refractivity contribution >= 4 is 27.5 Å². The summed E-state index contributed by atoms with van der Waals surface area (Å²) in [6.07, 6.45) is 0. The number of aromatic amines is 1. The smallest absolute Gasteiger partial charge is 0.191 e. The normalized spacial score (nSPS) is 12.6. The molecule has 0 fully saturated rings. The zero-order valence-corrected chi connectivity index (χ0v) is 11.5. The lowest BCUT2D eigenvalue weighted by atomic mass is 10.2. The number of nitrogens with one attached hydrogen (secondary N) is 2. The number of H-pyrrole nitrogens is 1. The summed E-state index contributed by atoms with van der Waals surface area (Å²) in [6.45, 7) is 2.70. The number of hydrogen-bond acceptors (Lipinski definition) is 4. The lowest BCUT2D eigenvalue weighted by Gasteiger charge is -2.10. The van der Waals surface area contributed by atoms with Gasteiger partial charge in [-0.3, -0.25) is 0 Å². The molecule has 0 spiro atoms. The van der Waals surface area contributed by atoms with Gasteiger partial charge >= 0.3 is 0 Å². The summed E-state index contributed by atoms with van der Waals surface area (Å²) in [5, 5.41) is 17.8. The molecule has 0 amide bonds. The van der Waals surface area contributed by atoms with Gasteiger partial charge in [-0.2, -0.15) is 5.21 Å².